The lowest BCUT2D eigenvalue weighted by atomic mass is 9.88. The van der Waals surface area contributed by atoms with Gasteiger partial charge in [-0.2, -0.15) is 10.4 Å². The highest BCUT2D eigenvalue weighted by molar-refractivity contribution is 6.35. The molecule has 9 rings (SSSR count). The number of aromatic amines is 1. The van der Waals surface area contributed by atoms with Gasteiger partial charge < -0.3 is 29.9 Å². The fraction of sp³-hybridized carbons (Fsp3) is 0.348. The molecule has 67 heavy (non-hydrogen) atoms. The molecule has 1 unspecified atom stereocenters. The van der Waals surface area contributed by atoms with Crippen molar-refractivity contribution in [2.45, 2.75) is 57.2 Å². The Kier molecular flexibility index (Phi) is 11.9. The molecule has 344 valence electrons. The van der Waals surface area contributed by atoms with Gasteiger partial charge in [-0.1, -0.05) is 23.2 Å². The quantitative estimate of drug-likeness (QED) is 0.123. The summed E-state index contributed by atoms with van der Waals surface area (Å²) in [5.74, 6) is -1.63. The van der Waals surface area contributed by atoms with E-state index < -0.39 is 41.3 Å². The number of hydrogen-bond donors (Lipinski definition) is 4. The van der Waals surface area contributed by atoms with E-state index in [4.69, 9.17) is 32.7 Å². The van der Waals surface area contributed by atoms with Crippen LogP contribution in [-0.4, -0.2) is 117 Å². The molecule has 3 saturated heterocycles. The summed E-state index contributed by atoms with van der Waals surface area (Å²) in [5, 5.41) is 27.7. The van der Waals surface area contributed by atoms with E-state index in [1.807, 2.05) is 18.7 Å². The van der Waals surface area contributed by atoms with Crippen LogP contribution in [0.25, 0.3) is 22.2 Å². The fourth-order valence-corrected chi connectivity index (χ4v) is 9.83. The molecule has 5 aromatic rings. The number of benzene rings is 2. The van der Waals surface area contributed by atoms with Gasteiger partial charge in [0.05, 0.1) is 51.4 Å². The SMILES string of the molecule is COc1cc2[nH]nc(-c3cnc(N4CC(C)(NC(=O)C5CCN(C(=O)CNc6ccc7c(c6)C(=O)N(C6CCC(=O)NC6=O)C7=O)CC5)C4)c(C#N)c3)c2cc1O[C@H](C)c1c(Cl)cncc1Cl. The molecule has 3 aromatic heterocycles. The maximum atomic E-state index is 13.5. The van der Waals surface area contributed by atoms with Crippen LogP contribution in [0.5, 0.6) is 11.5 Å². The summed E-state index contributed by atoms with van der Waals surface area (Å²) in [6, 6.07) is 11.0. The number of carbonyl (C=O) groups is 6. The summed E-state index contributed by atoms with van der Waals surface area (Å²) in [5.41, 5.74) is 2.87. The lowest BCUT2D eigenvalue weighted by molar-refractivity contribution is -0.136. The Morgan fingerprint density at radius 3 is 2.42 bits per heavy atom. The summed E-state index contributed by atoms with van der Waals surface area (Å²) in [6.45, 7) is 5.29. The number of nitrogens with one attached hydrogen (secondary N) is 4. The minimum absolute atomic E-state index is 0.0196. The van der Waals surface area contributed by atoms with Crippen molar-refractivity contribution in [1.29, 1.82) is 5.26 Å². The van der Waals surface area contributed by atoms with Crippen LogP contribution in [-0.2, 0) is 19.2 Å². The van der Waals surface area contributed by atoms with Crippen LogP contribution in [0.15, 0.2) is 55.0 Å². The molecule has 4 aliphatic rings. The van der Waals surface area contributed by atoms with Gasteiger partial charge in [0.1, 0.15) is 29.7 Å². The standard InChI is InChI=1S/C46H43Cl2N11O8/c1-23(39-31(47)18-50-19-32(39)48)67-36-14-30-33(15-35(36)66-3)55-56-40(30)26-12-25(16-49)41(52-17-26)58-21-46(2,22-58)54-42(62)24-8-10-57(11-9-24)38(61)20-51-27-4-5-28-29(13-27)45(65)59(44(28)64)34-6-7-37(60)53-43(34)63/h4-5,12-15,17-19,23-24,34,51H,6-11,20-22H2,1-3H3,(H,54,62)(H,55,56)(H,53,60,63)/t23-,34?/m1/s1. The molecule has 2 atom stereocenters. The van der Waals surface area contributed by atoms with Gasteiger partial charge in [0.15, 0.2) is 11.5 Å². The Labute approximate surface area is 393 Å². The van der Waals surface area contributed by atoms with Gasteiger partial charge in [-0.3, -0.25) is 49.1 Å². The van der Waals surface area contributed by atoms with Crippen LogP contribution < -0.4 is 30.3 Å². The van der Waals surface area contributed by atoms with Crippen LogP contribution in [0.1, 0.15) is 77.5 Å². The van der Waals surface area contributed by atoms with Crippen molar-refractivity contribution in [3.63, 3.8) is 0 Å². The Hall–Kier alpha value is -7.30. The van der Waals surface area contributed by atoms with E-state index in [0.29, 0.717) is 105 Å². The van der Waals surface area contributed by atoms with Crippen LogP contribution in [0.3, 0.4) is 0 Å². The van der Waals surface area contributed by atoms with E-state index in [1.165, 1.54) is 31.6 Å². The van der Waals surface area contributed by atoms with Crippen LogP contribution >= 0.6 is 23.2 Å². The van der Waals surface area contributed by atoms with Gasteiger partial charge in [0, 0.05) is 85.4 Å². The van der Waals surface area contributed by atoms with Crippen molar-refractivity contribution in [2.75, 3.05) is 50.1 Å². The zero-order chi connectivity index (χ0) is 47.3. The van der Waals surface area contributed by atoms with Gasteiger partial charge in [-0.05, 0) is 63.4 Å². The smallest absolute Gasteiger partial charge is 0.262 e. The van der Waals surface area contributed by atoms with Gasteiger partial charge in [0.25, 0.3) is 11.8 Å². The molecule has 0 bridgehead atoms. The van der Waals surface area contributed by atoms with E-state index >= 15 is 0 Å². The number of hydrogen-bond acceptors (Lipinski definition) is 14. The number of ether oxygens (including phenoxy) is 2. The van der Waals surface area contributed by atoms with Crippen molar-refractivity contribution < 1.29 is 38.2 Å². The number of piperidine rings is 2. The largest absolute Gasteiger partial charge is 0.493 e. The summed E-state index contributed by atoms with van der Waals surface area (Å²) in [7, 11) is 1.53. The topological polar surface area (TPSA) is 245 Å². The molecular weight excluding hydrogens is 905 g/mol. The van der Waals surface area contributed by atoms with Crippen LogP contribution in [0.4, 0.5) is 11.5 Å². The highest BCUT2D eigenvalue weighted by atomic mass is 35.5. The second-order valence-electron chi connectivity index (χ2n) is 17.2. The van der Waals surface area contributed by atoms with Crippen molar-refractivity contribution >= 4 is 81.1 Å². The molecule has 21 heteroatoms. The maximum Gasteiger partial charge on any atom is 0.262 e. The number of halogens is 2. The number of imide groups is 2. The number of amides is 6. The van der Waals surface area contributed by atoms with Gasteiger partial charge in [0.2, 0.25) is 23.6 Å². The van der Waals surface area contributed by atoms with Crippen LogP contribution in [0.2, 0.25) is 10.0 Å². The second kappa shape index (κ2) is 17.8. The van der Waals surface area contributed by atoms with E-state index in [0.717, 1.165) is 4.90 Å². The van der Waals surface area contributed by atoms with Crippen LogP contribution in [0, 0.1) is 17.2 Å². The highest BCUT2D eigenvalue weighted by Crippen LogP contribution is 2.41. The van der Waals surface area contributed by atoms with Crippen molar-refractivity contribution in [1.82, 2.24) is 40.6 Å². The predicted octanol–water partition coefficient (Wildman–Crippen LogP) is 4.79. The first-order valence-corrected chi connectivity index (χ1v) is 22.3. The van der Waals surface area contributed by atoms with Gasteiger partial charge >= 0.3 is 0 Å². The lowest BCUT2D eigenvalue weighted by Gasteiger charge is -2.49. The van der Waals surface area contributed by atoms with Crippen molar-refractivity contribution in [3.8, 4) is 28.8 Å². The number of pyridine rings is 2. The molecule has 0 saturated carbocycles. The number of fused-ring (bicyclic) bond motifs is 2. The van der Waals surface area contributed by atoms with E-state index in [2.05, 4.69) is 42.2 Å². The minimum Gasteiger partial charge on any atom is -0.493 e. The van der Waals surface area contributed by atoms with Gasteiger partial charge in [-0.15, -0.1) is 0 Å². The molecule has 0 aliphatic carbocycles. The molecule has 6 amide bonds. The number of nitriles is 1. The summed E-state index contributed by atoms with van der Waals surface area (Å²) < 4.78 is 11.9. The Morgan fingerprint density at radius 1 is 0.985 bits per heavy atom. The van der Waals surface area contributed by atoms with E-state index in [1.54, 1.807) is 35.4 Å². The zero-order valence-electron chi connectivity index (χ0n) is 36.4. The third-order valence-corrected chi connectivity index (χ3v) is 13.2. The van der Waals surface area contributed by atoms with E-state index in [9.17, 15) is 34.0 Å². The number of nitrogens with zero attached hydrogens (tertiary/aromatic N) is 7. The summed E-state index contributed by atoms with van der Waals surface area (Å²) >= 11 is 12.8. The summed E-state index contributed by atoms with van der Waals surface area (Å²) in [4.78, 5) is 90.2. The first kappa shape index (κ1) is 44.9. The zero-order valence-corrected chi connectivity index (χ0v) is 38.0. The maximum absolute atomic E-state index is 13.5. The number of likely N-dealkylation sites (tertiary alicyclic amines) is 1. The molecule has 4 aliphatic heterocycles. The minimum atomic E-state index is -1.07. The number of methoxy groups -OCH3 is 1. The third kappa shape index (κ3) is 8.53. The molecule has 4 N–H and O–H groups in total. The second-order valence-corrected chi connectivity index (χ2v) is 18.0. The Morgan fingerprint density at radius 2 is 1.72 bits per heavy atom. The van der Waals surface area contributed by atoms with E-state index in [-0.39, 0.29) is 48.2 Å². The Balaban J connectivity index is 0.774. The first-order chi connectivity index (χ1) is 32.1. The van der Waals surface area contributed by atoms with Crippen molar-refractivity contribution in [3.05, 3.63) is 87.3 Å². The number of rotatable bonds is 12. The normalized spacial score (nSPS) is 18.5. The fourth-order valence-electron chi connectivity index (χ4n) is 9.16. The molecular formula is C46H43Cl2N11O8. The first-order valence-electron chi connectivity index (χ1n) is 21.5. The van der Waals surface area contributed by atoms with Gasteiger partial charge in [-0.25, -0.2) is 4.98 Å². The monoisotopic (exact) mass is 947 g/mol. The number of H-pyrrole nitrogens is 1. The third-order valence-electron chi connectivity index (χ3n) is 12.6. The molecule has 3 fully saturated rings. The molecule has 2 aromatic carbocycles. The lowest BCUT2D eigenvalue weighted by Crippen LogP contribution is -2.69. The molecule has 7 heterocycles. The molecule has 0 spiro atoms. The predicted molar refractivity (Wildman–Crippen MR) is 244 cm³/mol. The number of aromatic nitrogens is 4. The average Bonchev–Trinajstić information content (AvgIpc) is 3.82. The molecule has 19 nitrogen and oxygen atoms in total. The van der Waals surface area contributed by atoms with Crippen molar-refractivity contribution in [2.24, 2.45) is 5.92 Å². The highest BCUT2D eigenvalue weighted by Gasteiger charge is 2.45. The number of carbonyl (C=O) groups excluding carboxylic acids is 6. The summed E-state index contributed by atoms with van der Waals surface area (Å²) in [6.07, 6.45) is 5.11. The molecule has 0 radical (unpaired) electrons. The number of anilines is 2. The average molecular weight is 949 g/mol. The Bertz CT molecular complexity index is 2920.